The summed E-state index contributed by atoms with van der Waals surface area (Å²) in [5, 5.41) is 4.02. The van der Waals surface area contributed by atoms with Crippen molar-refractivity contribution in [1.82, 2.24) is 4.98 Å². The van der Waals surface area contributed by atoms with Crippen molar-refractivity contribution >= 4 is 45.1 Å². The average molecular weight is 493 g/mol. The van der Waals surface area contributed by atoms with Gasteiger partial charge in [-0.25, -0.2) is 9.59 Å². The number of rotatable bonds is 6. The van der Waals surface area contributed by atoms with Gasteiger partial charge in [-0.2, -0.15) is 0 Å². The molecule has 0 saturated carbocycles. The second-order valence-corrected chi connectivity index (χ2v) is 10.3. The van der Waals surface area contributed by atoms with Gasteiger partial charge >= 0.3 is 11.9 Å². The van der Waals surface area contributed by atoms with Gasteiger partial charge in [0, 0.05) is 16.0 Å². The Kier molecular flexibility index (Phi) is 6.56. The number of hydrogen-bond acceptors (Lipinski definition) is 7. The number of ether oxygens (including phenoxy) is 2. The fourth-order valence-corrected chi connectivity index (χ4v) is 6.48. The Morgan fingerprint density at radius 2 is 1.86 bits per heavy atom. The number of aromatic nitrogens is 1. The predicted molar refractivity (Wildman–Crippen MR) is 134 cm³/mol. The number of nitrogens with zero attached hydrogens (tertiary/aromatic N) is 1. The van der Waals surface area contributed by atoms with Crippen LogP contribution in [0.25, 0.3) is 10.9 Å². The van der Waals surface area contributed by atoms with Gasteiger partial charge < -0.3 is 14.8 Å². The molecule has 7 nitrogen and oxygen atoms in total. The Hall–Kier alpha value is -3.26. The molecule has 5 rings (SSSR count). The SMILES string of the molecule is CCOC(=O)c1c(NC(=O)COC(=O)c2c3c(nc4ccccc24)CCC3)sc2c1CCC(C)C2. The average Bonchev–Trinajstić information content (AvgIpc) is 3.44. The van der Waals surface area contributed by atoms with Gasteiger partial charge in [0.2, 0.25) is 0 Å². The van der Waals surface area contributed by atoms with E-state index >= 15 is 0 Å². The molecule has 1 aromatic carbocycles. The Morgan fingerprint density at radius 3 is 2.69 bits per heavy atom. The van der Waals surface area contributed by atoms with Crippen molar-refractivity contribution in [1.29, 1.82) is 0 Å². The van der Waals surface area contributed by atoms with Crippen LogP contribution in [0.4, 0.5) is 5.00 Å². The van der Waals surface area contributed by atoms with Crippen molar-refractivity contribution in [3.05, 3.63) is 57.1 Å². The molecule has 0 fully saturated rings. The summed E-state index contributed by atoms with van der Waals surface area (Å²) in [6.07, 6.45) is 5.19. The summed E-state index contributed by atoms with van der Waals surface area (Å²) in [6, 6.07) is 7.50. The van der Waals surface area contributed by atoms with Crippen LogP contribution in [0.1, 0.15) is 69.1 Å². The minimum atomic E-state index is -0.526. The van der Waals surface area contributed by atoms with Gasteiger partial charge in [0.1, 0.15) is 5.00 Å². The number of anilines is 1. The molecule has 2 aliphatic rings. The highest BCUT2D eigenvalue weighted by atomic mass is 32.1. The predicted octanol–water partition coefficient (Wildman–Crippen LogP) is 4.88. The molecule has 1 atom stereocenters. The summed E-state index contributed by atoms with van der Waals surface area (Å²) in [7, 11) is 0. The number of pyridine rings is 1. The first-order chi connectivity index (χ1) is 17.0. The molecule has 2 aromatic heterocycles. The van der Waals surface area contributed by atoms with Crippen molar-refractivity contribution in [2.45, 2.75) is 52.4 Å². The van der Waals surface area contributed by atoms with Crippen LogP contribution in [0.2, 0.25) is 0 Å². The second kappa shape index (κ2) is 9.77. The molecule has 0 aliphatic heterocycles. The van der Waals surface area contributed by atoms with Gasteiger partial charge in [0.05, 0.1) is 23.3 Å². The van der Waals surface area contributed by atoms with Gasteiger partial charge in [0.25, 0.3) is 5.91 Å². The lowest BCUT2D eigenvalue weighted by Crippen LogP contribution is -2.22. The molecule has 3 aromatic rings. The second-order valence-electron chi connectivity index (χ2n) is 9.18. The molecule has 1 N–H and O–H groups in total. The van der Waals surface area contributed by atoms with Crippen molar-refractivity contribution in [3.8, 4) is 0 Å². The van der Waals surface area contributed by atoms with Crippen LogP contribution in [-0.4, -0.2) is 36.0 Å². The quantitative estimate of drug-likeness (QED) is 0.493. The number of aryl methyl sites for hydroxylation is 1. The molecular formula is C27H28N2O5S. The number of carbonyl (C=O) groups is 3. The van der Waals surface area contributed by atoms with Crippen molar-refractivity contribution in [2.75, 3.05) is 18.5 Å². The number of esters is 2. The van der Waals surface area contributed by atoms with E-state index in [4.69, 9.17) is 14.5 Å². The van der Waals surface area contributed by atoms with E-state index in [0.717, 1.165) is 71.1 Å². The van der Waals surface area contributed by atoms with Gasteiger partial charge in [-0.15, -0.1) is 11.3 Å². The van der Waals surface area contributed by atoms with Crippen molar-refractivity contribution in [2.24, 2.45) is 5.92 Å². The normalized spacial score (nSPS) is 16.5. The summed E-state index contributed by atoms with van der Waals surface area (Å²) >= 11 is 1.42. The van der Waals surface area contributed by atoms with E-state index in [9.17, 15) is 14.4 Å². The number of fused-ring (bicyclic) bond motifs is 3. The number of nitrogens with one attached hydrogen (secondary N) is 1. The largest absolute Gasteiger partial charge is 0.462 e. The molecule has 0 spiro atoms. The first-order valence-corrected chi connectivity index (χ1v) is 13.0. The standard InChI is InChI=1S/C27H28N2O5S/c1-3-33-27(32)24-18-12-11-15(2)13-21(18)35-25(24)29-22(30)14-34-26(31)23-16-7-4-5-9-19(16)28-20-10-6-8-17(20)23/h4-5,7,9,15H,3,6,8,10-14H2,1-2H3,(H,29,30). The maximum atomic E-state index is 13.1. The topological polar surface area (TPSA) is 94.6 Å². The number of thiophene rings is 1. The molecule has 0 saturated heterocycles. The van der Waals surface area contributed by atoms with E-state index in [1.807, 2.05) is 24.3 Å². The fourth-order valence-electron chi connectivity index (χ4n) is 5.07. The zero-order valence-electron chi connectivity index (χ0n) is 19.9. The highest BCUT2D eigenvalue weighted by molar-refractivity contribution is 7.17. The lowest BCUT2D eigenvalue weighted by Gasteiger charge is -2.18. The zero-order chi connectivity index (χ0) is 24.5. The molecule has 35 heavy (non-hydrogen) atoms. The molecule has 0 radical (unpaired) electrons. The third-order valence-electron chi connectivity index (χ3n) is 6.70. The van der Waals surface area contributed by atoms with Crippen LogP contribution in [0.3, 0.4) is 0 Å². The van der Waals surface area contributed by atoms with Crippen LogP contribution < -0.4 is 5.32 Å². The van der Waals surface area contributed by atoms with Crippen LogP contribution in [0.15, 0.2) is 24.3 Å². The van der Waals surface area contributed by atoms with E-state index < -0.39 is 24.5 Å². The zero-order valence-corrected chi connectivity index (χ0v) is 20.8. The van der Waals surface area contributed by atoms with Gasteiger partial charge in [-0.05, 0) is 68.6 Å². The Morgan fingerprint density at radius 1 is 1.06 bits per heavy atom. The lowest BCUT2D eigenvalue weighted by atomic mass is 9.88. The summed E-state index contributed by atoms with van der Waals surface area (Å²) in [6.45, 7) is 3.76. The first-order valence-electron chi connectivity index (χ1n) is 12.1. The van der Waals surface area contributed by atoms with Gasteiger partial charge in [0.15, 0.2) is 6.61 Å². The maximum Gasteiger partial charge on any atom is 0.341 e. The summed E-state index contributed by atoms with van der Waals surface area (Å²) in [5.74, 6) is -0.907. The van der Waals surface area contributed by atoms with E-state index in [1.165, 1.54) is 11.3 Å². The summed E-state index contributed by atoms with van der Waals surface area (Å²) in [5.41, 5.74) is 4.51. The molecule has 2 heterocycles. The number of benzene rings is 1. The Labute approximate surface area is 207 Å². The smallest absolute Gasteiger partial charge is 0.341 e. The molecule has 1 amide bonds. The van der Waals surface area contributed by atoms with Crippen molar-refractivity contribution < 1.29 is 23.9 Å². The van der Waals surface area contributed by atoms with E-state index in [1.54, 1.807) is 6.92 Å². The first kappa shape index (κ1) is 23.5. The number of amides is 1. The molecule has 2 aliphatic carbocycles. The lowest BCUT2D eigenvalue weighted by molar-refractivity contribution is -0.119. The molecule has 0 bridgehead atoms. The number of para-hydroxylation sites is 1. The minimum absolute atomic E-state index is 0.259. The maximum absolute atomic E-state index is 13.1. The summed E-state index contributed by atoms with van der Waals surface area (Å²) in [4.78, 5) is 44.4. The van der Waals surface area contributed by atoms with Gasteiger partial charge in [-0.3, -0.25) is 9.78 Å². The van der Waals surface area contributed by atoms with Gasteiger partial charge in [-0.1, -0.05) is 25.1 Å². The van der Waals surface area contributed by atoms with Crippen molar-refractivity contribution in [3.63, 3.8) is 0 Å². The minimum Gasteiger partial charge on any atom is -0.462 e. The molecule has 8 heteroatoms. The molecule has 182 valence electrons. The Bertz CT molecular complexity index is 1330. The third kappa shape index (κ3) is 4.55. The monoisotopic (exact) mass is 492 g/mol. The van der Waals surface area contributed by atoms with Crippen LogP contribution in [0, 0.1) is 5.92 Å². The van der Waals surface area contributed by atoms with Crippen LogP contribution in [-0.2, 0) is 40.0 Å². The van der Waals surface area contributed by atoms with E-state index in [2.05, 4.69) is 12.2 Å². The summed E-state index contributed by atoms with van der Waals surface area (Å²) < 4.78 is 10.7. The Balaban J connectivity index is 1.35. The van der Waals surface area contributed by atoms with E-state index in [0.29, 0.717) is 22.0 Å². The molecular weight excluding hydrogens is 464 g/mol. The van der Waals surface area contributed by atoms with Crippen LogP contribution >= 0.6 is 11.3 Å². The third-order valence-corrected chi connectivity index (χ3v) is 7.87. The highest BCUT2D eigenvalue weighted by Crippen LogP contribution is 2.40. The fraction of sp³-hybridized carbons (Fsp3) is 0.407. The highest BCUT2D eigenvalue weighted by Gasteiger charge is 2.30. The molecule has 1 unspecified atom stereocenters. The number of carbonyl (C=O) groups excluding carboxylic acids is 3. The van der Waals surface area contributed by atoms with E-state index in [-0.39, 0.29) is 6.61 Å². The van der Waals surface area contributed by atoms with Crippen LogP contribution in [0.5, 0.6) is 0 Å². The number of hydrogen-bond donors (Lipinski definition) is 1.